The summed E-state index contributed by atoms with van der Waals surface area (Å²) < 4.78 is 0. The molecule has 1 rings (SSSR count). The van der Waals surface area contributed by atoms with E-state index in [1.807, 2.05) is 10.2 Å². The van der Waals surface area contributed by atoms with E-state index in [-0.39, 0.29) is 12.4 Å². The van der Waals surface area contributed by atoms with Gasteiger partial charge >= 0.3 is 53.3 Å². The fourth-order valence-corrected chi connectivity index (χ4v) is 4.82. The van der Waals surface area contributed by atoms with Crippen LogP contribution in [0.2, 0.25) is 5.32 Å². The van der Waals surface area contributed by atoms with Crippen LogP contribution in [0.4, 0.5) is 0 Å². The first-order chi connectivity index (χ1) is 3.39. The molecule has 50 valence electrons. The summed E-state index contributed by atoms with van der Waals surface area (Å²) in [5.41, 5.74) is 5.62. The van der Waals surface area contributed by atoms with Crippen LogP contribution in [0.25, 0.3) is 0 Å². The van der Waals surface area contributed by atoms with Crippen LogP contribution in [0.1, 0.15) is 6.42 Å². The summed E-state index contributed by atoms with van der Waals surface area (Å²) in [6.07, 6.45) is 1.27. The number of nitrogens with two attached hydrogens (primary N) is 1. The molecule has 0 amide bonds. The van der Waals surface area contributed by atoms with Crippen molar-refractivity contribution in [3.8, 4) is 0 Å². The molecule has 1 fully saturated rings. The van der Waals surface area contributed by atoms with E-state index in [2.05, 4.69) is 0 Å². The van der Waals surface area contributed by atoms with Crippen molar-refractivity contribution in [2.75, 3.05) is 5.75 Å². The Balaban J connectivity index is 0.000000490. The zero-order valence-corrected chi connectivity index (χ0v) is 7.85. The normalized spacial score (nSPS) is 28.9. The standard InChI is InChI=1S/C4H9NSSe.ClH/c5-4-1-2-7-6-3-4;/h4H,1-3,5H2;1H/t4-;/m0./s1. The molecule has 1 heterocycles. The van der Waals surface area contributed by atoms with E-state index < -0.39 is 0 Å². The first-order valence-electron chi connectivity index (χ1n) is 2.39. The number of halogens is 1. The molecule has 0 bridgehead atoms. The van der Waals surface area contributed by atoms with Crippen molar-refractivity contribution in [3.05, 3.63) is 0 Å². The Kier molecular flexibility index (Phi) is 5.64. The molecule has 0 aromatic carbocycles. The van der Waals surface area contributed by atoms with Gasteiger partial charge in [-0.2, -0.15) is 0 Å². The minimum absolute atomic E-state index is 0. The summed E-state index contributed by atoms with van der Waals surface area (Å²) in [6.45, 7) is 0. The van der Waals surface area contributed by atoms with Crippen LogP contribution in [-0.4, -0.2) is 25.6 Å². The molecular formula is C4H10ClNSSe. The van der Waals surface area contributed by atoms with Crippen LogP contribution >= 0.6 is 22.6 Å². The first-order valence-corrected chi connectivity index (χ1v) is 6.61. The van der Waals surface area contributed by atoms with Gasteiger partial charge in [-0.25, -0.2) is 0 Å². The van der Waals surface area contributed by atoms with Gasteiger partial charge in [0.15, 0.2) is 0 Å². The van der Waals surface area contributed by atoms with Crippen molar-refractivity contribution >= 4 is 36.4 Å². The maximum absolute atomic E-state index is 5.62. The molecule has 8 heavy (non-hydrogen) atoms. The maximum atomic E-state index is 5.62. The van der Waals surface area contributed by atoms with Crippen LogP contribution < -0.4 is 5.73 Å². The third-order valence-electron chi connectivity index (χ3n) is 0.937. The molecule has 1 atom stereocenters. The molecule has 4 heteroatoms. The first kappa shape index (κ1) is 9.12. The summed E-state index contributed by atoms with van der Waals surface area (Å²) in [6, 6.07) is 0.514. The molecule has 0 unspecified atom stereocenters. The van der Waals surface area contributed by atoms with E-state index in [9.17, 15) is 0 Å². The van der Waals surface area contributed by atoms with Crippen LogP contribution in [0, 0.1) is 0 Å². The monoisotopic (exact) mass is 219 g/mol. The summed E-state index contributed by atoms with van der Waals surface area (Å²) in [5, 5.41) is 1.39. The van der Waals surface area contributed by atoms with Gasteiger partial charge in [-0.05, 0) is 0 Å². The Labute approximate surface area is 65.8 Å². The van der Waals surface area contributed by atoms with Crippen molar-refractivity contribution in [3.63, 3.8) is 0 Å². The second-order valence-electron chi connectivity index (χ2n) is 1.66. The minimum atomic E-state index is 0. The van der Waals surface area contributed by atoms with Gasteiger partial charge in [0.1, 0.15) is 0 Å². The van der Waals surface area contributed by atoms with E-state index in [4.69, 9.17) is 5.73 Å². The molecule has 1 saturated heterocycles. The molecule has 1 aliphatic rings. The molecule has 1 aliphatic heterocycles. The second kappa shape index (κ2) is 4.95. The van der Waals surface area contributed by atoms with E-state index >= 15 is 0 Å². The Morgan fingerprint density at radius 2 is 2.38 bits per heavy atom. The molecular weight excluding hydrogens is 209 g/mol. The zero-order chi connectivity index (χ0) is 5.11. The SMILES string of the molecule is Cl.N[C@H]1CC[Se]SC1. The van der Waals surface area contributed by atoms with Gasteiger partial charge in [0.25, 0.3) is 0 Å². The fourth-order valence-electron chi connectivity index (χ4n) is 0.477. The van der Waals surface area contributed by atoms with E-state index in [0.717, 1.165) is 13.8 Å². The number of hydrogen-bond acceptors (Lipinski definition) is 2. The number of hydrogen-bond donors (Lipinski definition) is 1. The van der Waals surface area contributed by atoms with Gasteiger partial charge in [0, 0.05) is 0 Å². The van der Waals surface area contributed by atoms with Gasteiger partial charge in [-0.1, -0.05) is 0 Å². The van der Waals surface area contributed by atoms with E-state index in [0.29, 0.717) is 6.04 Å². The molecule has 0 radical (unpaired) electrons. The Morgan fingerprint density at radius 3 is 2.62 bits per heavy atom. The molecule has 0 spiro atoms. The van der Waals surface area contributed by atoms with Crippen molar-refractivity contribution in [2.24, 2.45) is 5.73 Å². The summed E-state index contributed by atoms with van der Waals surface area (Å²) in [4.78, 5) is 0. The average Bonchev–Trinajstić information content (AvgIpc) is 1.69. The van der Waals surface area contributed by atoms with Crippen molar-refractivity contribution < 1.29 is 0 Å². The van der Waals surface area contributed by atoms with Crippen LogP contribution in [0.15, 0.2) is 0 Å². The summed E-state index contributed by atoms with van der Waals surface area (Å²) in [7, 11) is 2.04. The fraction of sp³-hybridized carbons (Fsp3) is 1.00. The predicted octanol–water partition coefficient (Wildman–Crippen LogP) is 0.910. The van der Waals surface area contributed by atoms with Gasteiger partial charge in [-0.3, -0.25) is 0 Å². The molecule has 0 aromatic rings. The summed E-state index contributed by atoms with van der Waals surface area (Å²) >= 11 is 0.871. The quantitative estimate of drug-likeness (QED) is 0.612. The van der Waals surface area contributed by atoms with Crippen molar-refractivity contribution in [2.45, 2.75) is 17.8 Å². The Bertz CT molecular complexity index is 58.0. The Morgan fingerprint density at radius 1 is 1.62 bits per heavy atom. The van der Waals surface area contributed by atoms with Crippen molar-refractivity contribution in [1.29, 1.82) is 0 Å². The predicted molar refractivity (Wildman–Crippen MR) is 42.9 cm³/mol. The molecule has 2 N–H and O–H groups in total. The molecule has 0 aromatic heterocycles. The molecule has 0 saturated carbocycles. The van der Waals surface area contributed by atoms with Crippen LogP contribution in [-0.2, 0) is 0 Å². The van der Waals surface area contributed by atoms with Gasteiger partial charge in [-0.15, -0.1) is 12.4 Å². The third kappa shape index (κ3) is 3.21. The van der Waals surface area contributed by atoms with E-state index in [1.165, 1.54) is 17.5 Å². The van der Waals surface area contributed by atoms with Gasteiger partial charge in [0.2, 0.25) is 0 Å². The topological polar surface area (TPSA) is 26.0 Å². The van der Waals surface area contributed by atoms with E-state index in [1.54, 1.807) is 0 Å². The third-order valence-corrected chi connectivity index (χ3v) is 5.28. The van der Waals surface area contributed by atoms with Crippen LogP contribution in [0.3, 0.4) is 0 Å². The van der Waals surface area contributed by atoms with Crippen LogP contribution in [0.5, 0.6) is 0 Å². The zero-order valence-electron chi connectivity index (χ0n) is 4.50. The van der Waals surface area contributed by atoms with Gasteiger partial charge in [0.05, 0.1) is 0 Å². The number of rotatable bonds is 0. The Hall–Kier alpha value is 1.12. The average molecular weight is 219 g/mol. The van der Waals surface area contributed by atoms with Gasteiger partial charge < -0.3 is 0 Å². The second-order valence-corrected chi connectivity index (χ2v) is 6.28. The summed E-state index contributed by atoms with van der Waals surface area (Å²) in [5.74, 6) is 1.21. The van der Waals surface area contributed by atoms with Crippen molar-refractivity contribution in [1.82, 2.24) is 0 Å². The molecule has 1 nitrogen and oxygen atoms in total. The molecule has 0 aliphatic carbocycles.